The number of carbonyl (C=O) groups is 1. The number of nitrogens with zero attached hydrogens (tertiary/aromatic N) is 2. The molecular weight excluding hydrogens is 320 g/mol. The Labute approximate surface area is 146 Å². The van der Waals surface area contributed by atoms with Gasteiger partial charge in [0.15, 0.2) is 0 Å². The SMILES string of the molecule is CN(C)c1cccc(CNC(=O)N[C@@H]2CCSc3ccccc32)n1. The zero-order valence-electron chi connectivity index (χ0n) is 14.0. The van der Waals surface area contributed by atoms with Crippen molar-refractivity contribution in [1.82, 2.24) is 15.6 Å². The van der Waals surface area contributed by atoms with Crippen LogP contribution in [0.25, 0.3) is 0 Å². The smallest absolute Gasteiger partial charge is 0.315 e. The van der Waals surface area contributed by atoms with Crippen LogP contribution in [-0.4, -0.2) is 30.9 Å². The van der Waals surface area contributed by atoms with Crippen molar-refractivity contribution >= 4 is 23.6 Å². The summed E-state index contributed by atoms with van der Waals surface area (Å²) in [5.74, 6) is 1.90. The topological polar surface area (TPSA) is 57.3 Å². The standard InChI is InChI=1S/C18H22N4OS/c1-22(2)17-9-5-6-13(20-17)12-19-18(23)21-15-10-11-24-16-8-4-3-7-14(15)16/h3-9,15H,10-12H2,1-2H3,(H2,19,21,23)/t15-/m1/s1. The van der Waals surface area contributed by atoms with Crippen molar-refractivity contribution in [1.29, 1.82) is 0 Å². The van der Waals surface area contributed by atoms with Crippen molar-refractivity contribution < 1.29 is 4.79 Å². The summed E-state index contributed by atoms with van der Waals surface area (Å²) in [6.07, 6.45) is 0.948. The molecule has 24 heavy (non-hydrogen) atoms. The second kappa shape index (κ2) is 7.57. The summed E-state index contributed by atoms with van der Waals surface area (Å²) in [6.45, 7) is 0.413. The number of hydrogen-bond donors (Lipinski definition) is 2. The first-order chi connectivity index (χ1) is 11.6. The average molecular weight is 342 g/mol. The molecule has 1 aromatic heterocycles. The van der Waals surface area contributed by atoms with E-state index in [1.807, 2.05) is 61.1 Å². The minimum absolute atomic E-state index is 0.0727. The number of nitrogens with one attached hydrogen (secondary N) is 2. The Morgan fingerprint density at radius 3 is 2.92 bits per heavy atom. The normalized spacial score (nSPS) is 16.2. The van der Waals surface area contributed by atoms with Crippen LogP contribution >= 0.6 is 11.8 Å². The maximum atomic E-state index is 12.2. The van der Waals surface area contributed by atoms with Crippen LogP contribution in [0, 0.1) is 0 Å². The van der Waals surface area contributed by atoms with Gasteiger partial charge in [0.2, 0.25) is 0 Å². The Morgan fingerprint density at radius 2 is 2.08 bits per heavy atom. The van der Waals surface area contributed by atoms with Crippen molar-refractivity contribution in [2.24, 2.45) is 0 Å². The Hall–Kier alpha value is -2.21. The average Bonchev–Trinajstić information content (AvgIpc) is 2.60. The summed E-state index contributed by atoms with van der Waals surface area (Å²) in [6, 6.07) is 14.0. The first-order valence-electron chi connectivity index (χ1n) is 8.03. The molecule has 0 spiro atoms. The van der Waals surface area contributed by atoms with Gasteiger partial charge >= 0.3 is 6.03 Å². The monoisotopic (exact) mass is 342 g/mol. The zero-order chi connectivity index (χ0) is 16.9. The molecule has 2 amide bonds. The lowest BCUT2D eigenvalue weighted by molar-refractivity contribution is 0.236. The number of urea groups is 1. The molecule has 1 aliphatic heterocycles. The van der Waals surface area contributed by atoms with Gasteiger partial charge < -0.3 is 15.5 Å². The van der Waals surface area contributed by atoms with Crippen LogP contribution in [0.4, 0.5) is 10.6 Å². The van der Waals surface area contributed by atoms with E-state index in [0.717, 1.165) is 23.7 Å². The summed E-state index contributed by atoms with van der Waals surface area (Å²) in [5, 5.41) is 5.99. The number of hydrogen-bond acceptors (Lipinski definition) is 4. The molecule has 0 saturated heterocycles. The molecule has 0 unspecified atom stereocenters. The maximum absolute atomic E-state index is 12.2. The Bertz CT molecular complexity index is 720. The van der Waals surface area contributed by atoms with Crippen LogP contribution in [0.2, 0.25) is 0 Å². The van der Waals surface area contributed by atoms with Gasteiger partial charge in [-0.25, -0.2) is 9.78 Å². The minimum atomic E-state index is -0.154. The first kappa shape index (κ1) is 16.6. The highest BCUT2D eigenvalue weighted by molar-refractivity contribution is 7.99. The highest BCUT2D eigenvalue weighted by atomic mass is 32.2. The van der Waals surface area contributed by atoms with Crippen LogP contribution < -0.4 is 15.5 Å². The fourth-order valence-electron chi connectivity index (χ4n) is 2.69. The maximum Gasteiger partial charge on any atom is 0.315 e. The predicted octanol–water partition coefficient (Wildman–Crippen LogP) is 3.18. The van der Waals surface area contributed by atoms with Gasteiger partial charge in [-0.2, -0.15) is 0 Å². The molecule has 1 atom stereocenters. The number of thioether (sulfide) groups is 1. The molecule has 1 aliphatic rings. The van der Waals surface area contributed by atoms with Crippen LogP contribution in [0.15, 0.2) is 47.4 Å². The number of amides is 2. The van der Waals surface area contributed by atoms with Crippen LogP contribution in [0.1, 0.15) is 23.7 Å². The van der Waals surface area contributed by atoms with Gasteiger partial charge in [0.05, 0.1) is 18.3 Å². The van der Waals surface area contributed by atoms with E-state index in [1.54, 1.807) is 0 Å². The van der Waals surface area contributed by atoms with E-state index >= 15 is 0 Å². The predicted molar refractivity (Wildman–Crippen MR) is 98.5 cm³/mol. The van der Waals surface area contributed by atoms with Gasteiger partial charge in [0.1, 0.15) is 5.82 Å². The Kier molecular flexibility index (Phi) is 5.25. The molecule has 2 N–H and O–H groups in total. The van der Waals surface area contributed by atoms with Crippen molar-refractivity contribution in [3.8, 4) is 0 Å². The third-order valence-corrected chi connectivity index (χ3v) is 5.07. The summed E-state index contributed by atoms with van der Waals surface area (Å²) < 4.78 is 0. The van der Waals surface area contributed by atoms with Crippen LogP contribution in [-0.2, 0) is 6.54 Å². The number of rotatable bonds is 4. The van der Waals surface area contributed by atoms with E-state index in [1.165, 1.54) is 10.5 Å². The van der Waals surface area contributed by atoms with E-state index in [4.69, 9.17) is 0 Å². The quantitative estimate of drug-likeness (QED) is 0.896. The highest BCUT2D eigenvalue weighted by Gasteiger charge is 2.21. The molecule has 2 aromatic rings. The number of pyridine rings is 1. The molecule has 5 nitrogen and oxygen atoms in total. The molecule has 0 bridgehead atoms. The van der Waals surface area contributed by atoms with Crippen molar-refractivity contribution in [2.45, 2.75) is 23.9 Å². The molecule has 0 saturated carbocycles. The van der Waals surface area contributed by atoms with Gasteiger partial charge in [0, 0.05) is 24.7 Å². The third-order valence-electron chi connectivity index (χ3n) is 3.94. The summed E-state index contributed by atoms with van der Waals surface area (Å²) in [5.41, 5.74) is 2.05. The first-order valence-corrected chi connectivity index (χ1v) is 9.01. The Morgan fingerprint density at radius 1 is 1.25 bits per heavy atom. The van der Waals surface area contributed by atoms with E-state index in [9.17, 15) is 4.79 Å². The molecule has 0 aliphatic carbocycles. The summed E-state index contributed by atoms with van der Waals surface area (Å²) >= 11 is 1.85. The van der Waals surface area contributed by atoms with Crippen molar-refractivity contribution in [3.05, 3.63) is 53.7 Å². The molecular formula is C18H22N4OS. The largest absolute Gasteiger partial charge is 0.363 e. The number of benzene rings is 1. The second-order valence-electron chi connectivity index (χ2n) is 5.94. The van der Waals surface area contributed by atoms with E-state index < -0.39 is 0 Å². The lowest BCUT2D eigenvalue weighted by atomic mass is 10.0. The van der Waals surface area contributed by atoms with Gasteiger partial charge in [-0.1, -0.05) is 24.3 Å². The molecule has 0 fully saturated rings. The summed E-state index contributed by atoms with van der Waals surface area (Å²) in [4.78, 5) is 20.0. The zero-order valence-corrected chi connectivity index (χ0v) is 14.8. The number of fused-ring (bicyclic) bond motifs is 1. The molecule has 6 heteroatoms. The molecule has 2 heterocycles. The lowest BCUT2D eigenvalue weighted by Gasteiger charge is -2.25. The molecule has 3 rings (SSSR count). The Balaban J connectivity index is 1.58. The summed E-state index contributed by atoms with van der Waals surface area (Å²) in [7, 11) is 3.90. The van der Waals surface area contributed by atoms with E-state index in [-0.39, 0.29) is 12.1 Å². The molecule has 1 aromatic carbocycles. The fraction of sp³-hybridized carbons (Fsp3) is 0.333. The number of aromatic nitrogens is 1. The minimum Gasteiger partial charge on any atom is -0.363 e. The molecule has 126 valence electrons. The fourth-order valence-corrected chi connectivity index (χ4v) is 3.81. The van der Waals surface area contributed by atoms with Gasteiger partial charge in [-0.05, 0) is 30.2 Å². The second-order valence-corrected chi connectivity index (χ2v) is 7.07. The van der Waals surface area contributed by atoms with Crippen LogP contribution in [0.3, 0.4) is 0 Å². The van der Waals surface area contributed by atoms with Gasteiger partial charge in [0.25, 0.3) is 0 Å². The van der Waals surface area contributed by atoms with E-state index in [2.05, 4.69) is 27.8 Å². The van der Waals surface area contributed by atoms with Crippen LogP contribution in [0.5, 0.6) is 0 Å². The highest BCUT2D eigenvalue weighted by Crippen LogP contribution is 2.35. The number of carbonyl (C=O) groups excluding carboxylic acids is 1. The lowest BCUT2D eigenvalue weighted by Crippen LogP contribution is -2.38. The van der Waals surface area contributed by atoms with Gasteiger partial charge in [-0.3, -0.25) is 0 Å². The third kappa shape index (κ3) is 4.00. The molecule has 0 radical (unpaired) electrons. The van der Waals surface area contributed by atoms with Crippen molar-refractivity contribution in [2.75, 3.05) is 24.7 Å². The van der Waals surface area contributed by atoms with Gasteiger partial charge in [-0.15, -0.1) is 11.8 Å². The van der Waals surface area contributed by atoms with E-state index in [0.29, 0.717) is 6.54 Å². The number of anilines is 1. The van der Waals surface area contributed by atoms with Crippen molar-refractivity contribution in [3.63, 3.8) is 0 Å².